The molecule has 2 rings (SSSR count). The number of nitrogens with zero attached hydrogens (tertiary/aromatic N) is 3. The van der Waals surface area contributed by atoms with Crippen LogP contribution in [0.1, 0.15) is 10.4 Å². The van der Waals surface area contributed by atoms with E-state index in [-0.39, 0.29) is 0 Å². The Hall–Kier alpha value is -1.11. The fraction of sp³-hybridized carbons (Fsp3) is 0.538. The number of carbonyl (C=O) groups is 1. The van der Waals surface area contributed by atoms with Crippen LogP contribution >= 0.6 is 11.8 Å². The van der Waals surface area contributed by atoms with Gasteiger partial charge in [-0.2, -0.15) is 0 Å². The van der Waals surface area contributed by atoms with Crippen molar-refractivity contribution >= 4 is 17.7 Å². The maximum atomic E-state index is 11.1. The highest BCUT2D eigenvalue weighted by Gasteiger charge is 2.15. The summed E-state index contributed by atoms with van der Waals surface area (Å²) in [5, 5.41) is 9.69. The van der Waals surface area contributed by atoms with Crippen molar-refractivity contribution in [2.45, 2.75) is 5.03 Å². The van der Waals surface area contributed by atoms with Gasteiger partial charge in [0.1, 0.15) is 5.03 Å². The third kappa shape index (κ3) is 4.19. The largest absolute Gasteiger partial charge is 0.478 e. The summed E-state index contributed by atoms with van der Waals surface area (Å²) >= 11 is 1.52. The fourth-order valence-electron chi connectivity index (χ4n) is 2.01. The maximum absolute atomic E-state index is 11.1. The summed E-state index contributed by atoms with van der Waals surface area (Å²) in [4.78, 5) is 19.9. The van der Waals surface area contributed by atoms with Gasteiger partial charge >= 0.3 is 5.97 Å². The molecule has 2 heterocycles. The summed E-state index contributed by atoms with van der Waals surface area (Å²) in [5.74, 6) is -0.0312. The molecule has 1 saturated heterocycles. The first kappa shape index (κ1) is 14.3. The van der Waals surface area contributed by atoms with E-state index in [1.54, 1.807) is 18.3 Å². The van der Waals surface area contributed by atoms with E-state index in [1.807, 2.05) is 0 Å². The lowest BCUT2D eigenvalue weighted by atomic mass is 10.3. The Morgan fingerprint density at radius 1 is 1.42 bits per heavy atom. The van der Waals surface area contributed by atoms with Gasteiger partial charge in [0.15, 0.2) is 0 Å². The molecule has 6 heteroatoms. The van der Waals surface area contributed by atoms with Crippen molar-refractivity contribution in [3.63, 3.8) is 0 Å². The summed E-state index contributed by atoms with van der Waals surface area (Å²) in [6.45, 7) is 5.37. The lowest BCUT2D eigenvalue weighted by Crippen LogP contribution is -2.45. The summed E-state index contributed by atoms with van der Waals surface area (Å²) in [6, 6.07) is 3.27. The van der Waals surface area contributed by atoms with Crippen LogP contribution in [0.15, 0.2) is 23.4 Å². The van der Waals surface area contributed by atoms with E-state index in [1.165, 1.54) is 11.8 Å². The molecule has 5 nitrogen and oxygen atoms in total. The van der Waals surface area contributed by atoms with Crippen LogP contribution in [0.3, 0.4) is 0 Å². The molecule has 1 aliphatic rings. The lowest BCUT2D eigenvalue weighted by molar-refractivity contribution is 0.0692. The Bertz CT molecular complexity index is 434. The van der Waals surface area contributed by atoms with Crippen molar-refractivity contribution in [1.29, 1.82) is 0 Å². The van der Waals surface area contributed by atoms with E-state index in [0.29, 0.717) is 10.6 Å². The number of likely N-dealkylation sites (N-methyl/N-ethyl adjacent to an activating group) is 1. The molecule has 0 unspecified atom stereocenters. The average Bonchev–Trinajstić information content (AvgIpc) is 2.41. The highest BCUT2D eigenvalue weighted by atomic mass is 32.2. The normalized spacial score (nSPS) is 17.5. The lowest BCUT2D eigenvalue weighted by Gasteiger charge is -2.32. The summed E-state index contributed by atoms with van der Waals surface area (Å²) < 4.78 is 0. The number of carboxylic acid groups (broad SMARTS) is 1. The molecule has 0 bridgehead atoms. The molecule has 1 aliphatic heterocycles. The Morgan fingerprint density at radius 3 is 2.84 bits per heavy atom. The van der Waals surface area contributed by atoms with E-state index in [4.69, 9.17) is 5.11 Å². The molecular formula is C13H19N3O2S. The molecule has 1 fully saturated rings. The average molecular weight is 281 g/mol. The molecule has 0 amide bonds. The van der Waals surface area contributed by atoms with Gasteiger partial charge < -0.3 is 10.0 Å². The van der Waals surface area contributed by atoms with Crippen LogP contribution in [0.2, 0.25) is 0 Å². The molecule has 1 N–H and O–H groups in total. The Labute approximate surface area is 117 Å². The minimum atomic E-state index is -0.907. The zero-order valence-electron chi connectivity index (χ0n) is 11.1. The molecule has 0 spiro atoms. The Kier molecular flexibility index (Phi) is 5.18. The van der Waals surface area contributed by atoms with Crippen LogP contribution in [0.4, 0.5) is 0 Å². The second kappa shape index (κ2) is 6.88. The molecule has 1 aromatic rings. The summed E-state index contributed by atoms with van der Waals surface area (Å²) in [7, 11) is 2.14. The van der Waals surface area contributed by atoms with Gasteiger partial charge in [-0.3, -0.25) is 4.90 Å². The topological polar surface area (TPSA) is 56.7 Å². The van der Waals surface area contributed by atoms with Crippen LogP contribution in [0, 0.1) is 0 Å². The van der Waals surface area contributed by atoms with Crippen LogP contribution < -0.4 is 0 Å². The number of thioether (sulfide) groups is 1. The molecule has 0 radical (unpaired) electrons. The number of pyridine rings is 1. The van der Waals surface area contributed by atoms with E-state index in [2.05, 4.69) is 21.8 Å². The van der Waals surface area contributed by atoms with Gasteiger partial charge in [-0.05, 0) is 19.2 Å². The molecule has 0 atom stereocenters. The van der Waals surface area contributed by atoms with Gasteiger partial charge in [0.05, 0.1) is 5.56 Å². The molecule has 1 aromatic heterocycles. The van der Waals surface area contributed by atoms with Crippen LogP contribution in [-0.2, 0) is 0 Å². The molecule has 19 heavy (non-hydrogen) atoms. The highest BCUT2D eigenvalue weighted by Crippen LogP contribution is 2.20. The van der Waals surface area contributed by atoms with Gasteiger partial charge in [-0.1, -0.05) is 0 Å². The smallest absolute Gasteiger partial charge is 0.338 e. The van der Waals surface area contributed by atoms with Crippen LogP contribution in [0.5, 0.6) is 0 Å². The molecular weight excluding hydrogens is 262 g/mol. The third-order valence-corrected chi connectivity index (χ3v) is 4.23. The van der Waals surface area contributed by atoms with Crippen molar-refractivity contribution in [1.82, 2.24) is 14.8 Å². The van der Waals surface area contributed by atoms with Gasteiger partial charge in [-0.15, -0.1) is 11.8 Å². The van der Waals surface area contributed by atoms with E-state index in [0.717, 1.165) is 38.5 Å². The van der Waals surface area contributed by atoms with Gasteiger partial charge in [-0.25, -0.2) is 9.78 Å². The van der Waals surface area contributed by atoms with Gasteiger partial charge in [0, 0.05) is 44.7 Å². The summed E-state index contributed by atoms with van der Waals surface area (Å²) in [5.41, 5.74) is 0.297. The number of hydrogen-bond donors (Lipinski definition) is 1. The first-order valence-electron chi connectivity index (χ1n) is 6.39. The molecule has 0 aromatic carbocycles. The molecule has 0 aliphatic carbocycles. The second-order valence-electron chi connectivity index (χ2n) is 4.65. The number of carboxylic acids is 1. The SMILES string of the molecule is CN1CCN(CCSc2ncccc2C(=O)O)CC1. The van der Waals surface area contributed by atoms with Crippen molar-refractivity contribution in [3.8, 4) is 0 Å². The predicted octanol–water partition coefficient (Wildman–Crippen LogP) is 1.12. The predicted molar refractivity (Wildman–Crippen MR) is 75.9 cm³/mol. The first-order valence-corrected chi connectivity index (χ1v) is 7.37. The Balaban J connectivity index is 1.81. The third-order valence-electron chi connectivity index (χ3n) is 3.24. The minimum absolute atomic E-state index is 0.297. The first-order chi connectivity index (χ1) is 9.16. The van der Waals surface area contributed by atoms with Crippen LogP contribution in [0.25, 0.3) is 0 Å². The second-order valence-corrected chi connectivity index (χ2v) is 5.74. The minimum Gasteiger partial charge on any atom is -0.478 e. The number of aromatic carboxylic acids is 1. The van der Waals surface area contributed by atoms with Crippen molar-refractivity contribution in [3.05, 3.63) is 23.9 Å². The zero-order valence-corrected chi connectivity index (χ0v) is 11.9. The maximum Gasteiger partial charge on any atom is 0.338 e. The summed E-state index contributed by atoms with van der Waals surface area (Å²) in [6.07, 6.45) is 1.64. The van der Waals surface area contributed by atoms with E-state index in [9.17, 15) is 4.79 Å². The van der Waals surface area contributed by atoms with E-state index < -0.39 is 5.97 Å². The molecule has 104 valence electrons. The van der Waals surface area contributed by atoms with Gasteiger partial charge in [0.25, 0.3) is 0 Å². The van der Waals surface area contributed by atoms with E-state index >= 15 is 0 Å². The van der Waals surface area contributed by atoms with Gasteiger partial charge in [0.2, 0.25) is 0 Å². The quantitative estimate of drug-likeness (QED) is 0.816. The van der Waals surface area contributed by atoms with Crippen molar-refractivity contribution in [2.75, 3.05) is 45.5 Å². The highest BCUT2D eigenvalue weighted by molar-refractivity contribution is 7.99. The number of aromatic nitrogens is 1. The number of piperazine rings is 1. The Morgan fingerprint density at radius 2 is 2.16 bits per heavy atom. The standard InChI is InChI=1S/C13H19N3O2S/c1-15-5-7-16(8-6-15)9-10-19-12-11(13(17)18)3-2-4-14-12/h2-4H,5-10H2,1H3,(H,17,18). The van der Waals surface area contributed by atoms with Crippen LogP contribution in [-0.4, -0.2) is 71.4 Å². The zero-order chi connectivity index (χ0) is 13.7. The number of hydrogen-bond acceptors (Lipinski definition) is 5. The fourth-order valence-corrected chi connectivity index (χ4v) is 3.00. The van der Waals surface area contributed by atoms with Crippen molar-refractivity contribution in [2.24, 2.45) is 0 Å². The number of rotatable bonds is 5. The monoisotopic (exact) mass is 281 g/mol. The van der Waals surface area contributed by atoms with Crippen molar-refractivity contribution < 1.29 is 9.90 Å². The molecule has 0 saturated carbocycles.